The smallest absolute Gasteiger partial charge is 0.258 e. The molecule has 5 heterocycles. The lowest BCUT2D eigenvalue weighted by molar-refractivity contribution is -0.142. The van der Waals surface area contributed by atoms with Crippen molar-refractivity contribution in [2.24, 2.45) is 0 Å². The van der Waals surface area contributed by atoms with Crippen LogP contribution in [0.2, 0.25) is 0 Å². The second kappa shape index (κ2) is 6.35. The molecule has 6 rings (SSSR count). The van der Waals surface area contributed by atoms with Crippen LogP contribution in [0.3, 0.4) is 0 Å². The standard InChI is InChI=1S/C22H23N7O2/c1-14-9-18(25-28-11-15(2)23-21(14)28)17-10-20(30)27-12-16(3-4-19(27)24-17)26-7-8-29(31)22(13-26)5-6-22/h3-4,9-12,31H,5-8,13H2,1-2H3. The summed E-state index contributed by atoms with van der Waals surface area (Å²) < 4.78 is 3.32. The highest BCUT2D eigenvalue weighted by atomic mass is 16.5. The van der Waals surface area contributed by atoms with E-state index in [0.717, 1.165) is 48.5 Å². The highest BCUT2D eigenvalue weighted by molar-refractivity contribution is 5.62. The van der Waals surface area contributed by atoms with Crippen LogP contribution in [0, 0.1) is 13.8 Å². The summed E-state index contributed by atoms with van der Waals surface area (Å²) in [7, 11) is 0. The van der Waals surface area contributed by atoms with Crippen molar-refractivity contribution >= 4 is 17.0 Å². The Bertz CT molecular complexity index is 1400. The van der Waals surface area contributed by atoms with Gasteiger partial charge in [-0.1, -0.05) is 0 Å². The van der Waals surface area contributed by atoms with Crippen molar-refractivity contribution in [2.45, 2.75) is 32.2 Å². The van der Waals surface area contributed by atoms with Crippen LogP contribution in [-0.2, 0) is 0 Å². The second-order valence-corrected chi connectivity index (χ2v) is 8.73. The zero-order valence-corrected chi connectivity index (χ0v) is 17.5. The third-order valence-corrected chi connectivity index (χ3v) is 6.44. The molecule has 1 spiro atoms. The summed E-state index contributed by atoms with van der Waals surface area (Å²) in [5.74, 6) is 0. The van der Waals surface area contributed by atoms with Crippen molar-refractivity contribution in [1.29, 1.82) is 0 Å². The van der Waals surface area contributed by atoms with Gasteiger partial charge in [-0.3, -0.25) is 9.20 Å². The molecule has 2 aliphatic rings. The maximum absolute atomic E-state index is 13.0. The normalized spacial score (nSPS) is 18.4. The lowest BCUT2D eigenvalue weighted by Crippen LogP contribution is -2.53. The van der Waals surface area contributed by atoms with Crippen LogP contribution >= 0.6 is 0 Å². The van der Waals surface area contributed by atoms with Crippen LogP contribution in [0.4, 0.5) is 5.69 Å². The number of hydrogen-bond acceptors (Lipinski definition) is 7. The Morgan fingerprint density at radius 3 is 2.68 bits per heavy atom. The summed E-state index contributed by atoms with van der Waals surface area (Å²) in [5.41, 5.74) is 5.14. The van der Waals surface area contributed by atoms with Gasteiger partial charge < -0.3 is 10.1 Å². The Morgan fingerprint density at radius 2 is 1.87 bits per heavy atom. The fourth-order valence-electron chi connectivity index (χ4n) is 4.53. The number of aryl methyl sites for hydroxylation is 2. The van der Waals surface area contributed by atoms with Crippen LogP contribution in [0.5, 0.6) is 0 Å². The molecule has 0 atom stereocenters. The van der Waals surface area contributed by atoms with Gasteiger partial charge in [-0.25, -0.2) is 14.5 Å². The molecule has 9 heteroatoms. The molecule has 0 bridgehead atoms. The van der Waals surface area contributed by atoms with Gasteiger partial charge in [0.2, 0.25) is 0 Å². The van der Waals surface area contributed by atoms with Crippen molar-refractivity contribution < 1.29 is 5.21 Å². The van der Waals surface area contributed by atoms with Gasteiger partial charge in [0.1, 0.15) is 11.3 Å². The Morgan fingerprint density at radius 1 is 1.03 bits per heavy atom. The Labute approximate surface area is 178 Å². The first-order valence-corrected chi connectivity index (χ1v) is 10.5. The largest absolute Gasteiger partial charge is 0.367 e. The molecule has 0 radical (unpaired) electrons. The van der Waals surface area contributed by atoms with E-state index in [1.807, 2.05) is 44.4 Å². The van der Waals surface area contributed by atoms with E-state index in [4.69, 9.17) is 4.98 Å². The molecule has 31 heavy (non-hydrogen) atoms. The fraction of sp³-hybridized carbons (Fsp3) is 0.364. The van der Waals surface area contributed by atoms with Gasteiger partial charge in [0.05, 0.1) is 28.8 Å². The Balaban J connectivity index is 1.39. The summed E-state index contributed by atoms with van der Waals surface area (Å²) in [6.07, 6.45) is 5.72. The van der Waals surface area contributed by atoms with Crippen LogP contribution in [0.15, 0.2) is 41.5 Å². The molecule has 1 aliphatic heterocycles. The number of pyridine rings is 1. The number of fused-ring (bicyclic) bond motifs is 2. The maximum Gasteiger partial charge on any atom is 0.258 e. The Hall–Kier alpha value is -3.30. The van der Waals surface area contributed by atoms with Crippen LogP contribution < -0.4 is 10.5 Å². The molecule has 4 aromatic heterocycles. The fourth-order valence-corrected chi connectivity index (χ4v) is 4.53. The van der Waals surface area contributed by atoms with E-state index in [1.54, 1.807) is 8.92 Å². The van der Waals surface area contributed by atoms with E-state index in [9.17, 15) is 10.0 Å². The molecule has 158 valence electrons. The van der Waals surface area contributed by atoms with Crippen molar-refractivity contribution in [3.05, 3.63) is 58.3 Å². The van der Waals surface area contributed by atoms with Crippen molar-refractivity contribution in [3.63, 3.8) is 0 Å². The minimum atomic E-state index is -0.148. The Kier molecular flexibility index (Phi) is 3.78. The minimum absolute atomic E-state index is 0.117. The molecule has 9 nitrogen and oxygen atoms in total. The van der Waals surface area contributed by atoms with E-state index in [0.29, 0.717) is 23.6 Å². The van der Waals surface area contributed by atoms with Gasteiger partial charge in [-0.05, 0) is 50.5 Å². The molecule has 0 amide bonds. The van der Waals surface area contributed by atoms with E-state index in [1.165, 1.54) is 11.1 Å². The summed E-state index contributed by atoms with van der Waals surface area (Å²) in [4.78, 5) is 24.4. The van der Waals surface area contributed by atoms with E-state index in [2.05, 4.69) is 15.0 Å². The molecule has 0 unspecified atom stereocenters. The molecule has 0 aromatic carbocycles. The number of anilines is 1. The van der Waals surface area contributed by atoms with Gasteiger partial charge in [-0.2, -0.15) is 10.2 Å². The highest BCUT2D eigenvalue weighted by Crippen LogP contribution is 2.43. The van der Waals surface area contributed by atoms with E-state index < -0.39 is 0 Å². The number of aromatic nitrogens is 5. The average molecular weight is 417 g/mol. The predicted molar refractivity (Wildman–Crippen MR) is 116 cm³/mol. The lowest BCUT2D eigenvalue weighted by Gasteiger charge is -2.39. The predicted octanol–water partition coefficient (Wildman–Crippen LogP) is 2.06. The molecule has 1 saturated heterocycles. The van der Waals surface area contributed by atoms with Gasteiger partial charge >= 0.3 is 0 Å². The molecule has 1 saturated carbocycles. The molecule has 2 fully saturated rings. The molecular weight excluding hydrogens is 394 g/mol. The molecule has 4 aromatic rings. The highest BCUT2D eigenvalue weighted by Gasteiger charge is 2.51. The van der Waals surface area contributed by atoms with Crippen LogP contribution in [0.25, 0.3) is 22.7 Å². The van der Waals surface area contributed by atoms with Gasteiger partial charge in [0, 0.05) is 31.9 Å². The number of hydroxylamine groups is 2. The summed E-state index contributed by atoms with van der Waals surface area (Å²) in [6.45, 7) is 6.00. The number of piperazine rings is 1. The molecule has 1 aliphatic carbocycles. The molecular formula is C22H23N7O2. The van der Waals surface area contributed by atoms with Crippen molar-refractivity contribution in [2.75, 3.05) is 24.5 Å². The number of imidazole rings is 1. The van der Waals surface area contributed by atoms with Gasteiger partial charge in [-0.15, -0.1) is 0 Å². The average Bonchev–Trinajstić information content (AvgIpc) is 3.42. The summed E-state index contributed by atoms with van der Waals surface area (Å²) in [5, 5.41) is 16.2. The second-order valence-electron chi connectivity index (χ2n) is 8.73. The zero-order valence-electron chi connectivity index (χ0n) is 17.5. The first kappa shape index (κ1) is 18.5. The van der Waals surface area contributed by atoms with Gasteiger partial charge in [0.15, 0.2) is 5.65 Å². The van der Waals surface area contributed by atoms with Crippen LogP contribution in [-0.4, -0.2) is 59.4 Å². The summed E-state index contributed by atoms with van der Waals surface area (Å²) >= 11 is 0. The zero-order chi connectivity index (χ0) is 21.3. The number of nitrogens with zero attached hydrogens (tertiary/aromatic N) is 7. The first-order chi connectivity index (χ1) is 14.9. The van der Waals surface area contributed by atoms with Gasteiger partial charge in [0.25, 0.3) is 5.56 Å². The van der Waals surface area contributed by atoms with Crippen molar-refractivity contribution in [1.82, 2.24) is 29.0 Å². The van der Waals surface area contributed by atoms with Crippen LogP contribution in [0.1, 0.15) is 24.1 Å². The SMILES string of the molecule is Cc1cn2nc(-c3cc(=O)n4cc(N5CCN(O)C6(CC6)C5)ccc4n3)cc(C)c2n1. The third kappa shape index (κ3) is 2.92. The van der Waals surface area contributed by atoms with E-state index in [-0.39, 0.29) is 11.1 Å². The minimum Gasteiger partial charge on any atom is -0.367 e. The lowest BCUT2D eigenvalue weighted by atomic mass is 10.1. The quantitative estimate of drug-likeness (QED) is 0.534. The topological polar surface area (TPSA) is 91.3 Å². The maximum atomic E-state index is 13.0. The first-order valence-electron chi connectivity index (χ1n) is 10.5. The van der Waals surface area contributed by atoms with E-state index >= 15 is 0 Å². The third-order valence-electron chi connectivity index (χ3n) is 6.44. The monoisotopic (exact) mass is 417 g/mol. The number of rotatable bonds is 2. The summed E-state index contributed by atoms with van der Waals surface area (Å²) in [6, 6.07) is 7.31. The van der Waals surface area contributed by atoms with Crippen molar-refractivity contribution in [3.8, 4) is 11.4 Å². The molecule has 1 N–H and O–H groups in total. The number of hydrogen-bond donors (Lipinski definition) is 1.